The van der Waals surface area contributed by atoms with Crippen LogP contribution in [0.15, 0.2) is 30.3 Å². The zero-order valence-electron chi connectivity index (χ0n) is 9.79. The summed E-state index contributed by atoms with van der Waals surface area (Å²) in [5, 5.41) is 0.831. The maximum atomic E-state index is 11.7. The smallest absolute Gasteiger partial charge is 0.329 e. The van der Waals surface area contributed by atoms with Crippen molar-refractivity contribution in [3.8, 4) is 0 Å². The Kier molecular flexibility index (Phi) is 3.10. The fraction of sp³-hybridized carbons (Fsp3) is 0.333. The predicted molar refractivity (Wildman–Crippen MR) is 60.8 cm³/mol. The monoisotopic (exact) mass is 234 g/mol. The van der Waals surface area contributed by atoms with E-state index in [-0.39, 0.29) is 18.4 Å². The summed E-state index contributed by atoms with van der Waals surface area (Å²) in [5.41, 5.74) is 0.898. The fourth-order valence-electron chi connectivity index (χ4n) is 1.64. The van der Waals surface area contributed by atoms with Crippen LogP contribution < -0.4 is 0 Å². The summed E-state index contributed by atoms with van der Waals surface area (Å²) in [6.45, 7) is 0. The topological polar surface area (TPSA) is 49.9 Å². The van der Waals surface area contributed by atoms with Gasteiger partial charge in [-0.1, -0.05) is 30.3 Å². The maximum Gasteiger partial charge on any atom is 0.350 e. The molecule has 0 bridgehead atoms. The number of carbonyl (C=O) groups excluding carboxylic acids is 2. The molecule has 2 rings (SSSR count). The van der Waals surface area contributed by atoms with Crippen molar-refractivity contribution >= 4 is 11.9 Å². The highest BCUT2D eigenvalue weighted by Gasteiger charge is 2.37. The number of benzene rings is 1. The molecule has 1 aromatic carbocycles. The average molecular weight is 234 g/mol. The minimum absolute atomic E-state index is 0.198. The van der Waals surface area contributed by atoms with Crippen molar-refractivity contribution in [1.29, 1.82) is 0 Å². The Labute approximate surface area is 99.5 Å². The van der Waals surface area contributed by atoms with Crippen molar-refractivity contribution in [3.63, 3.8) is 0 Å². The van der Waals surface area contributed by atoms with E-state index in [1.165, 1.54) is 4.90 Å². The van der Waals surface area contributed by atoms with Gasteiger partial charge in [-0.3, -0.25) is 9.63 Å². The van der Waals surface area contributed by atoms with Crippen LogP contribution in [-0.4, -0.2) is 36.0 Å². The van der Waals surface area contributed by atoms with E-state index in [0.717, 1.165) is 10.6 Å². The molecule has 1 fully saturated rings. The minimum Gasteiger partial charge on any atom is -0.329 e. The Morgan fingerprint density at radius 1 is 1.35 bits per heavy atom. The fourth-order valence-corrected chi connectivity index (χ4v) is 1.64. The van der Waals surface area contributed by atoms with Crippen LogP contribution in [0.1, 0.15) is 18.1 Å². The molecule has 0 aliphatic carbocycles. The second-order valence-electron chi connectivity index (χ2n) is 4.07. The number of hydroxylamine groups is 2. The summed E-state index contributed by atoms with van der Waals surface area (Å²) in [6, 6.07) is 8.94. The standard InChI is InChI=1S/C12H14N2O3/c1-13(2)12(16)14-11(15)8-10(17-14)9-6-4-3-5-7-9/h3-7,10H,8H2,1-2H3. The first-order valence-electron chi connectivity index (χ1n) is 5.35. The number of amides is 3. The van der Waals surface area contributed by atoms with Gasteiger partial charge in [-0.25, -0.2) is 4.79 Å². The quantitative estimate of drug-likeness (QED) is 0.741. The van der Waals surface area contributed by atoms with Crippen molar-refractivity contribution in [2.45, 2.75) is 12.5 Å². The number of rotatable bonds is 1. The minimum atomic E-state index is -0.451. The number of urea groups is 1. The average Bonchev–Trinajstić information content (AvgIpc) is 2.71. The SMILES string of the molecule is CN(C)C(=O)N1OC(c2ccccc2)CC1=O. The van der Waals surface area contributed by atoms with Crippen molar-refractivity contribution < 1.29 is 14.4 Å². The van der Waals surface area contributed by atoms with Crippen LogP contribution in [0.2, 0.25) is 0 Å². The van der Waals surface area contributed by atoms with Crippen LogP contribution in [-0.2, 0) is 9.63 Å². The Balaban J connectivity index is 2.13. The van der Waals surface area contributed by atoms with Gasteiger partial charge in [0.1, 0.15) is 6.10 Å². The molecule has 1 heterocycles. The summed E-state index contributed by atoms with van der Waals surface area (Å²) < 4.78 is 0. The molecule has 0 radical (unpaired) electrons. The molecule has 17 heavy (non-hydrogen) atoms. The molecule has 1 aliphatic heterocycles. The van der Waals surface area contributed by atoms with Crippen LogP contribution in [0.25, 0.3) is 0 Å². The van der Waals surface area contributed by atoms with Crippen LogP contribution in [0, 0.1) is 0 Å². The van der Waals surface area contributed by atoms with Gasteiger partial charge in [0.15, 0.2) is 0 Å². The molecule has 1 saturated heterocycles. The van der Waals surface area contributed by atoms with Gasteiger partial charge in [0.05, 0.1) is 6.42 Å². The lowest BCUT2D eigenvalue weighted by Crippen LogP contribution is -2.39. The molecular weight excluding hydrogens is 220 g/mol. The van der Waals surface area contributed by atoms with E-state index in [4.69, 9.17) is 4.84 Å². The molecule has 5 nitrogen and oxygen atoms in total. The number of hydrogen-bond acceptors (Lipinski definition) is 3. The van der Waals surface area contributed by atoms with E-state index in [2.05, 4.69) is 0 Å². The van der Waals surface area contributed by atoms with Gasteiger partial charge in [-0.05, 0) is 5.56 Å². The zero-order valence-corrected chi connectivity index (χ0v) is 9.79. The molecular formula is C12H14N2O3. The van der Waals surface area contributed by atoms with Gasteiger partial charge in [0.2, 0.25) is 0 Å². The van der Waals surface area contributed by atoms with Gasteiger partial charge in [-0.15, -0.1) is 5.06 Å². The van der Waals surface area contributed by atoms with Gasteiger partial charge in [0.25, 0.3) is 5.91 Å². The molecule has 0 spiro atoms. The Morgan fingerprint density at radius 3 is 2.59 bits per heavy atom. The predicted octanol–water partition coefficient (Wildman–Crippen LogP) is 1.57. The van der Waals surface area contributed by atoms with Gasteiger partial charge in [0, 0.05) is 14.1 Å². The first kappa shape index (κ1) is 11.6. The number of nitrogens with zero attached hydrogens (tertiary/aromatic N) is 2. The molecule has 3 amide bonds. The van der Waals surface area contributed by atoms with Crippen molar-refractivity contribution in [3.05, 3.63) is 35.9 Å². The number of imide groups is 1. The lowest BCUT2D eigenvalue weighted by atomic mass is 10.1. The first-order chi connectivity index (χ1) is 8.09. The van der Waals surface area contributed by atoms with E-state index in [9.17, 15) is 9.59 Å². The van der Waals surface area contributed by atoms with Gasteiger partial charge in [-0.2, -0.15) is 0 Å². The van der Waals surface area contributed by atoms with Crippen LogP contribution in [0.5, 0.6) is 0 Å². The highest BCUT2D eigenvalue weighted by Crippen LogP contribution is 2.29. The number of carbonyl (C=O) groups is 2. The van der Waals surface area contributed by atoms with Gasteiger partial charge < -0.3 is 4.90 Å². The normalized spacial score (nSPS) is 19.5. The number of hydrogen-bond donors (Lipinski definition) is 0. The van der Waals surface area contributed by atoms with Crippen molar-refractivity contribution in [2.24, 2.45) is 0 Å². The third kappa shape index (κ3) is 2.29. The molecule has 1 unspecified atom stereocenters. The maximum absolute atomic E-state index is 11.7. The van der Waals surface area contributed by atoms with E-state index in [1.807, 2.05) is 30.3 Å². The zero-order chi connectivity index (χ0) is 12.4. The third-order valence-electron chi connectivity index (χ3n) is 2.55. The van der Waals surface area contributed by atoms with E-state index in [1.54, 1.807) is 14.1 Å². The van der Waals surface area contributed by atoms with Crippen molar-refractivity contribution in [2.75, 3.05) is 14.1 Å². The Bertz CT molecular complexity index is 431. The van der Waals surface area contributed by atoms with E-state index in [0.29, 0.717) is 0 Å². The van der Waals surface area contributed by atoms with Crippen LogP contribution in [0.4, 0.5) is 4.79 Å². The third-order valence-corrected chi connectivity index (χ3v) is 2.55. The summed E-state index contributed by atoms with van der Waals surface area (Å²) >= 11 is 0. The van der Waals surface area contributed by atoms with E-state index >= 15 is 0 Å². The Hall–Kier alpha value is -1.88. The lowest BCUT2D eigenvalue weighted by Gasteiger charge is -2.18. The van der Waals surface area contributed by atoms with Crippen LogP contribution in [0.3, 0.4) is 0 Å². The highest BCUT2D eigenvalue weighted by atomic mass is 16.7. The summed E-state index contributed by atoms with van der Waals surface area (Å²) in [4.78, 5) is 30.0. The Morgan fingerprint density at radius 2 is 2.00 bits per heavy atom. The molecule has 1 aromatic rings. The lowest BCUT2D eigenvalue weighted by molar-refractivity contribution is -0.156. The van der Waals surface area contributed by atoms with Gasteiger partial charge >= 0.3 is 6.03 Å². The second-order valence-corrected chi connectivity index (χ2v) is 4.07. The molecule has 1 aliphatic rings. The molecule has 90 valence electrons. The largest absolute Gasteiger partial charge is 0.350 e. The molecule has 0 saturated carbocycles. The first-order valence-corrected chi connectivity index (χ1v) is 5.35. The highest BCUT2D eigenvalue weighted by molar-refractivity contribution is 5.94. The second kappa shape index (κ2) is 4.55. The van der Waals surface area contributed by atoms with Crippen LogP contribution >= 0.6 is 0 Å². The van der Waals surface area contributed by atoms with E-state index < -0.39 is 6.03 Å². The summed E-state index contributed by atoms with van der Waals surface area (Å²) in [6.07, 6.45) is -0.170. The molecule has 0 aromatic heterocycles. The molecule has 0 N–H and O–H groups in total. The summed E-state index contributed by atoms with van der Waals surface area (Å²) in [5.74, 6) is -0.308. The molecule has 1 atom stereocenters. The summed E-state index contributed by atoms with van der Waals surface area (Å²) in [7, 11) is 3.16. The van der Waals surface area contributed by atoms with Crippen molar-refractivity contribution in [1.82, 2.24) is 9.96 Å². The molecule has 5 heteroatoms.